The lowest BCUT2D eigenvalue weighted by molar-refractivity contribution is 0.116. The summed E-state index contributed by atoms with van der Waals surface area (Å²) >= 11 is 0. The van der Waals surface area contributed by atoms with Crippen LogP contribution in [0.5, 0.6) is 0 Å². The third-order valence-electron chi connectivity index (χ3n) is 1.93. The molecule has 1 radical (unpaired) electrons. The number of nitrogens with zero attached hydrogens (tertiary/aromatic N) is 2. The number of benzene rings is 1. The van der Waals surface area contributed by atoms with E-state index in [4.69, 9.17) is 0 Å². The maximum Gasteiger partial charge on any atom is 0.314 e. The van der Waals surface area contributed by atoms with Crippen LogP contribution in [0.3, 0.4) is 0 Å². The summed E-state index contributed by atoms with van der Waals surface area (Å²) in [5.74, 6) is -1.49. The minimum atomic E-state index is -2.83. The summed E-state index contributed by atoms with van der Waals surface area (Å²) in [7, 11) is 0. The van der Waals surface area contributed by atoms with E-state index in [-0.39, 0.29) is 17.0 Å². The Hall–Kier alpha value is -1.85. The Morgan fingerprint density at radius 1 is 1.25 bits per heavy atom. The Balaban J connectivity index is 2.39. The zero-order valence-corrected chi connectivity index (χ0v) is 7.95. The fraction of sp³-hybridized carbons (Fsp3) is 0.100. The predicted octanol–water partition coefficient (Wildman–Crippen LogP) is 3.00. The maximum absolute atomic E-state index is 13.1. The van der Waals surface area contributed by atoms with Gasteiger partial charge < -0.3 is 4.42 Å². The van der Waals surface area contributed by atoms with Gasteiger partial charge in [-0.2, -0.15) is 8.78 Å². The first-order chi connectivity index (χ1) is 7.58. The standard InChI is InChI=1S/C10H6F3N2O/c1-5-2-3-6(4-7(5)11)9-14-15-10(16-9)8(12)13/h2-4,8H,1H2. The monoisotopic (exact) mass is 227 g/mol. The zero-order chi connectivity index (χ0) is 11.7. The molecular weight excluding hydrogens is 221 g/mol. The molecule has 3 nitrogen and oxygen atoms in total. The van der Waals surface area contributed by atoms with E-state index in [0.29, 0.717) is 0 Å². The van der Waals surface area contributed by atoms with Crippen LogP contribution < -0.4 is 0 Å². The Morgan fingerprint density at radius 2 is 2.00 bits per heavy atom. The van der Waals surface area contributed by atoms with E-state index in [9.17, 15) is 13.2 Å². The highest BCUT2D eigenvalue weighted by molar-refractivity contribution is 5.53. The Kier molecular flexibility index (Phi) is 2.64. The highest BCUT2D eigenvalue weighted by Gasteiger charge is 2.17. The molecule has 0 saturated carbocycles. The molecule has 0 fully saturated rings. The van der Waals surface area contributed by atoms with Gasteiger partial charge in [0.05, 0.1) is 0 Å². The molecule has 0 unspecified atom stereocenters. The van der Waals surface area contributed by atoms with Crippen LogP contribution in [0.15, 0.2) is 22.6 Å². The number of aromatic nitrogens is 2. The molecule has 0 aliphatic carbocycles. The summed E-state index contributed by atoms with van der Waals surface area (Å²) in [5.41, 5.74) is 0.446. The van der Waals surface area contributed by atoms with Crippen molar-refractivity contribution in [1.82, 2.24) is 10.2 Å². The number of hydrogen-bond donors (Lipinski definition) is 0. The summed E-state index contributed by atoms with van der Waals surface area (Å²) in [6, 6.07) is 3.97. The van der Waals surface area contributed by atoms with Crippen molar-refractivity contribution < 1.29 is 17.6 Å². The fourth-order valence-corrected chi connectivity index (χ4v) is 1.12. The SMILES string of the molecule is [CH2]c1ccc(-c2nnc(C(F)F)o2)cc1F. The van der Waals surface area contributed by atoms with Crippen molar-refractivity contribution in [3.63, 3.8) is 0 Å². The van der Waals surface area contributed by atoms with E-state index in [0.717, 1.165) is 6.07 Å². The molecule has 0 saturated heterocycles. The zero-order valence-electron chi connectivity index (χ0n) is 7.95. The van der Waals surface area contributed by atoms with E-state index < -0.39 is 18.1 Å². The molecule has 16 heavy (non-hydrogen) atoms. The third-order valence-corrected chi connectivity index (χ3v) is 1.93. The van der Waals surface area contributed by atoms with E-state index in [1.807, 2.05) is 0 Å². The summed E-state index contributed by atoms with van der Waals surface area (Å²) in [5, 5.41) is 6.53. The molecule has 0 aliphatic rings. The number of halogens is 3. The van der Waals surface area contributed by atoms with Gasteiger partial charge in [-0.1, -0.05) is 6.07 Å². The minimum Gasteiger partial charge on any atom is -0.415 e. The Bertz CT molecular complexity index is 511. The second-order valence-corrected chi connectivity index (χ2v) is 3.05. The molecular formula is C10H6F3N2O. The van der Waals surface area contributed by atoms with Gasteiger partial charge in [-0.25, -0.2) is 4.39 Å². The predicted molar refractivity (Wildman–Crippen MR) is 49.1 cm³/mol. The lowest BCUT2D eigenvalue weighted by atomic mass is 10.1. The van der Waals surface area contributed by atoms with Crippen LogP contribution in [0.2, 0.25) is 0 Å². The van der Waals surface area contributed by atoms with E-state index in [1.54, 1.807) is 0 Å². The van der Waals surface area contributed by atoms with Gasteiger partial charge in [-0.3, -0.25) is 0 Å². The first-order valence-corrected chi connectivity index (χ1v) is 4.31. The quantitative estimate of drug-likeness (QED) is 0.791. The number of hydrogen-bond acceptors (Lipinski definition) is 3. The van der Waals surface area contributed by atoms with Gasteiger partial charge in [-0.05, 0) is 24.6 Å². The van der Waals surface area contributed by atoms with Crippen molar-refractivity contribution in [2.45, 2.75) is 6.43 Å². The largest absolute Gasteiger partial charge is 0.415 e. The Labute approximate surface area is 88.9 Å². The average Bonchev–Trinajstić information content (AvgIpc) is 2.71. The second kappa shape index (κ2) is 3.96. The minimum absolute atomic E-state index is 0.144. The van der Waals surface area contributed by atoms with Crippen molar-refractivity contribution in [2.24, 2.45) is 0 Å². The summed E-state index contributed by atoms with van der Waals surface area (Å²) in [6.45, 7) is 3.43. The van der Waals surface area contributed by atoms with Gasteiger partial charge in [0.1, 0.15) is 5.82 Å². The van der Waals surface area contributed by atoms with Gasteiger partial charge in [0.25, 0.3) is 5.89 Å². The molecule has 0 aliphatic heterocycles. The highest BCUT2D eigenvalue weighted by Crippen LogP contribution is 2.24. The van der Waals surface area contributed by atoms with Crippen LogP contribution in [-0.4, -0.2) is 10.2 Å². The summed E-state index contributed by atoms with van der Waals surface area (Å²) in [6.07, 6.45) is -2.83. The first kappa shape index (κ1) is 10.7. The van der Waals surface area contributed by atoms with Gasteiger partial charge in [-0.15, -0.1) is 10.2 Å². The summed E-state index contributed by atoms with van der Waals surface area (Å²) in [4.78, 5) is 0. The number of rotatable bonds is 2. The van der Waals surface area contributed by atoms with E-state index >= 15 is 0 Å². The van der Waals surface area contributed by atoms with Crippen molar-refractivity contribution >= 4 is 0 Å². The molecule has 1 aromatic carbocycles. The maximum atomic E-state index is 13.1. The molecule has 2 rings (SSSR count). The van der Waals surface area contributed by atoms with Crippen molar-refractivity contribution in [2.75, 3.05) is 0 Å². The van der Waals surface area contributed by atoms with Crippen LogP contribution in [0.4, 0.5) is 13.2 Å². The molecule has 2 aromatic rings. The molecule has 6 heteroatoms. The normalized spacial score (nSPS) is 11.1. The Morgan fingerprint density at radius 3 is 2.56 bits per heavy atom. The van der Waals surface area contributed by atoms with Crippen LogP contribution in [0.25, 0.3) is 11.5 Å². The van der Waals surface area contributed by atoms with Crippen LogP contribution in [-0.2, 0) is 0 Å². The topological polar surface area (TPSA) is 38.9 Å². The van der Waals surface area contributed by atoms with E-state index in [1.165, 1.54) is 12.1 Å². The fourth-order valence-electron chi connectivity index (χ4n) is 1.12. The van der Waals surface area contributed by atoms with Crippen LogP contribution in [0.1, 0.15) is 17.9 Å². The lowest BCUT2D eigenvalue weighted by Gasteiger charge is -1.97. The van der Waals surface area contributed by atoms with Crippen LogP contribution in [0, 0.1) is 12.7 Å². The third kappa shape index (κ3) is 1.91. The van der Waals surface area contributed by atoms with Crippen LogP contribution >= 0.6 is 0 Å². The molecule has 0 bridgehead atoms. The van der Waals surface area contributed by atoms with Gasteiger partial charge in [0.2, 0.25) is 5.89 Å². The second-order valence-electron chi connectivity index (χ2n) is 3.05. The first-order valence-electron chi connectivity index (χ1n) is 4.31. The van der Waals surface area contributed by atoms with Crippen molar-refractivity contribution in [3.05, 3.63) is 42.4 Å². The molecule has 1 heterocycles. The summed E-state index contributed by atoms with van der Waals surface area (Å²) < 4.78 is 42.1. The van der Waals surface area contributed by atoms with Crippen molar-refractivity contribution in [1.29, 1.82) is 0 Å². The molecule has 0 spiro atoms. The molecule has 0 N–H and O–H groups in total. The molecule has 83 valence electrons. The molecule has 0 atom stereocenters. The number of alkyl halides is 2. The van der Waals surface area contributed by atoms with Gasteiger partial charge in [0.15, 0.2) is 0 Å². The lowest BCUT2D eigenvalue weighted by Crippen LogP contribution is -1.84. The van der Waals surface area contributed by atoms with Gasteiger partial charge >= 0.3 is 6.43 Å². The van der Waals surface area contributed by atoms with Gasteiger partial charge in [0, 0.05) is 5.56 Å². The molecule has 1 aromatic heterocycles. The highest BCUT2D eigenvalue weighted by atomic mass is 19.3. The average molecular weight is 227 g/mol. The smallest absolute Gasteiger partial charge is 0.314 e. The van der Waals surface area contributed by atoms with E-state index in [2.05, 4.69) is 21.5 Å². The molecule has 0 amide bonds. The van der Waals surface area contributed by atoms with Crippen molar-refractivity contribution in [3.8, 4) is 11.5 Å².